The lowest BCUT2D eigenvalue weighted by Crippen LogP contribution is -1.98. The van der Waals surface area contributed by atoms with E-state index in [2.05, 4.69) is 26.1 Å². The molecule has 1 aromatic heterocycles. The molecule has 0 fully saturated rings. The summed E-state index contributed by atoms with van der Waals surface area (Å²) in [4.78, 5) is 0. The van der Waals surface area contributed by atoms with E-state index in [4.69, 9.17) is 5.11 Å². The standard InChI is InChI=1S/C11H11BrFN3OS/c1-16-10(5-17)14-15-11(16)18-6-7-2-3-8(13)4-9(7)12/h2-4,17H,5-6H2,1H3. The van der Waals surface area contributed by atoms with E-state index in [9.17, 15) is 4.39 Å². The van der Waals surface area contributed by atoms with Gasteiger partial charge in [-0.2, -0.15) is 0 Å². The first-order chi connectivity index (χ1) is 8.61. The van der Waals surface area contributed by atoms with Gasteiger partial charge in [-0.15, -0.1) is 10.2 Å². The molecule has 1 N–H and O–H groups in total. The summed E-state index contributed by atoms with van der Waals surface area (Å²) in [6, 6.07) is 4.60. The molecule has 0 saturated heterocycles. The predicted octanol–water partition coefficient (Wildman–Crippen LogP) is 2.50. The van der Waals surface area contributed by atoms with Crippen LogP contribution in [-0.2, 0) is 19.4 Å². The fourth-order valence-electron chi connectivity index (χ4n) is 1.39. The number of aromatic nitrogens is 3. The van der Waals surface area contributed by atoms with Crippen molar-refractivity contribution < 1.29 is 9.50 Å². The smallest absolute Gasteiger partial charge is 0.191 e. The molecule has 0 aliphatic rings. The number of hydrogen-bond acceptors (Lipinski definition) is 4. The minimum Gasteiger partial charge on any atom is -0.388 e. The van der Waals surface area contributed by atoms with Gasteiger partial charge < -0.3 is 9.67 Å². The van der Waals surface area contributed by atoms with Crippen molar-refractivity contribution in [3.05, 3.63) is 39.9 Å². The van der Waals surface area contributed by atoms with Crippen molar-refractivity contribution in [3.63, 3.8) is 0 Å². The van der Waals surface area contributed by atoms with Crippen LogP contribution in [0.25, 0.3) is 0 Å². The molecule has 1 aromatic carbocycles. The molecule has 0 aliphatic heterocycles. The highest BCUT2D eigenvalue weighted by atomic mass is 79.9. The fourth-order valence-corrected chi connectivity index (χ4v) is 3.00. The van der Waals surface area contributed by atoms with Crippen LogP contribution in [0.3, 0.4) is 0 Å². The molecule has 0 atom stereocenters. The maximum Gasteiger partial charge on any atom is 0.191 e. The quantitative estimate of drug-likeness (QED) is 0.874. The van der Waals surface area contributed by atoms with Gasteiger partial charge in [0, 0.05) is 17.3 Å². The molecule has 7 heteroatoms. The molecule has 0 unspecified atom stereocenters. The fraction of sp³-hybridized carbons (Fsp3) is 0.273. The van der Waals surface area contributed by atoms with Crippen LogP contribution in [0.5, 0.6) is 0 Å². The molecule has 1 heterocycles. The van der Waals surface area contributed by atoms with Gasteiger partial charge in [-0.3, -0.25) is 0 Å². The third-order valence-corrected chi connectivity index (χ3v) is 4.25. The second-order valence-corrected chi connectivity index (χ2v) is 5.44. The van der Waals surface area contributed by atoms with Crippen LogP contribution in [0, 0.1) is 5.82 Å². The Balaban J connectivity index is 2.09. The molecule has 18 heavy (non-hydrogen) atoms. The molecule has 2 rings (SSSR count). The first-order valence-electron chi connectivity index (χ1n) is 5.17. The Kier molecular flexibility index (Phi) is 4.36. The zero-order valence-electron chi connectivity index (χ0n) is 9.60. The lowest BCUT2D eigenvalue weighted by atomic mass is 10.2. The van der Waals surface area contributed by atoms with Gasteiger partial charge in [0.1, 0.15) is 12.4 Å². The largest absolute Gasteiger partial charge is 0.388 e. The highest BCUT2D eigenvalue weighted by Crippen LogP contribution is 2.26. The number of thioether (sulfide) groups is 1. The van der Waals surface area contributed by atoms with E-state index in [0.717, 1.165) is 15.2 Å². The maximum atomic E-state index is 12.9. The second kappa shape index (κ2) is 5.81. The van der Waals surface area contributed by atoms with Crippen LogP contribution in [0.15, 0.2) is 27.8 Å². The third kappa shape index (κ3) is 2.90. The van der Waals surface area contributed by atoms with Crippen molar-refractivity contribution in [2.45, 2.75) is 17.5 Å². The number of aliphatic hydroxyl groups is 1. The zero-order valence-corrected chi connectivity index (χ0v) is 12.0. The Morgan fingerprint density at radius 3 is 2.83 bits per heavy atom. The number of nitrogens with zero attached hydrogens (tertiary/aromatic N) is 3. The molecule has 2 aromatic rings. The topological polar surface area (TPSA) is 50.9 Å². The first-order valence-corrected chi connectivity index (χ1v) is 6.95. The average molecular weight is 332 g/mol. The highest BCUT2D eigenvalue weighted by Gasteiger charge is 2.09. The van der Waals surface area contributed by atoms with Crippen molar-refractivity contribution in [1.82, 2.24) is 14.8 Å². The van der Waals surface area contributed by atoms with E-state index in [0.29, 0.717) is 11.6 Å². The van der Waals surface area contributed by atoms with Crippen LogP contribution in [0.4, 0.5) is 4.39 Å². The second-order valence-electron chi connectivity index (χ2n) is 3.64. The van der Waals surface area contributed by atoms with E-state index in [-0.39, 0.29) is 12.4 Å². The highest BCUT2D eigenvalue weighted by molar-refractivity contribution is 9.10. The van der Waals surface area contributed by atoms with Gasteiger partial charge in [-0.1, -0.05) is 33.8 Å². The monoisotopic (exact) mass is 331 g/mol. The van der Waals surface area contributed by atoms with Crippen molar-refractivity contribution in [3.8, 4) is 0 Å². The Labute approximate surface area is 116 Å². The zero-order chi connectivity index (χ0) is 13.1. The van der Waals surface area contributed by atoms with Crippen LogP contribution in [-0.4, -0.2) is 19.9 Å². The normalized spacial score (nSPS) is 10.9. The summed E-state index contributed by atoms with van der Waals surface area (Å²) in [7, 11) is 1.80. The molecule has 0 amide bonds. The summed E-state index contributed by atoms with van der Waals surface area (Å²) < 4.78 is 15.4. The predicted molar refractivity (Wildman–Crippen MR) is 70.6 cm³/mol. The van der Waals surface area contributed by atoms with E-state index in [1.807, 2.05) is 0 Å². The van der Waals surface area contributed by atoms with Crippen LogP contribution < -0.4 is 0 Å². The van der Waals surface area contributed by atoms with Crippen molar-refractivity contribution in [2.24, 2.45) is 7.05 Å². The SMILES string of the molecule is Cn1c(CO)nnc1SCc1ccc(F)cc1Br. The maximum absolute atomic E-state index is 12.9. The summed E-state index contributed by atoms with van der Waals surface area (Å²) >= 11 is 4.80. The van der Waals surface area contributed by atoms with Crippen molar-refractivity contribution in [2.75, 3.05) is 0 Å². The van der Waals surface area contributed by atoms with Gasteiger partial charge in [0.15, 0.2) is 11.0 Å². The Morgan fingerprint density at radius 2 is 2.22 bits per heavy atom. The molecule has 96 valence electrons. The van der Waals surface area contributed by atoms with Gasteiger partial charge in [-0.25, -0.2) is 4.39 Å². The molecule has 0 bridgehead atoms. The molecule has 0 saturated carbocycles. The summed E-state index contributed by atoms with van der Waals surface area (Å²) in [5.41, 5.74) is 0.981. The lowest BCUT2D eigenvalue weighted by molar-refractivity contribution is 0.266. The molecule has 0 radical (unpaired) electrons. The Bertz CT molecular complexity index is 561. The van der Waals surface area contributed by atoms with Gasteiger partial charge in [0.05, 0.1) is 0 Å². The van der Waals surface area contributed by atoms with Crippen molar-refractivity contribution >= 4 is 27.7 Å². The van der Waals surface area contributed by atoms with Crippen LogP contribution in [0.2, 0.25) is 0 Å². The number of aliphatic hydroxyl groups excluding tert-OH is 1. The molecular weight excluding hydrogens is 321 g/mol. The number of halogens is 2. The minimum atomic E-state index is -0.267. The van der Waals surface area contributed by atoms with Crippen LogP contribution in [0.1, 0.15) is 11.4 Å². The summed E-state index contributed by atoms with van der Waals surface area (Å²) in [5.74, 6) is 0.908. The van der Waals surface area contributed by atoms with Crippen molar-refractivity contribution in [1.29, 1.82) is 0 Å². The minimum absolute atomic E-state index is 0.135. The van der Waals surface area contributed by atoms with Gasteiger partial charge in [0.2, 0.25) is 0 Å². The van der Waals surface area contributed by atoms with E-state index >= 15 is 0 Å². The van der Waals surface area contributed by atoms with Gasteiger partial charge in [-0.05, 0) is 17.7 Å². The van der Waals surface area contributed by atoms with Crippen LogP contribution >= 0.6 is 27.7 Å². The third-order valence-electron chi connectivity index (χ3n) is 2.44. The summed E-state index contributed by atoms with van der Waals surface area (Å²) in [5, 5.41) is 17.6. The summed E-state index contributed by atoms with van der Waals surface area (Å²) in [6.45, 7) is -0.135. The number of rotatable bonds is 4. The van der Waals surface area contributed by atoms with E-state index < -0.39 is 0 Å². The lowest BCUT2D eigenvalue weighted by Gasteiger charge is -2.04. The molecule has 0 spiro atoms. The molecule has 4 nitrogen and oxygen atoms in total. The number of hydrogen-bond donors (Lipinski definition) is 1. The summed E-state index contributed by atoms with van der Waals surface area (Å²) in [6.07, 6.45) is 0. The van der Waals surface area contributed by atoms with Gasteiger partial charge >= 0.3 is 0 Å². The first kappa shape index (κ1) is 13.5. The number of benzene rings is 1. The Hall–Kier alpha value is -0.920. The molecular formula is C11H11BrFN3OS. The van der Waals surface area contributed by atoms with E-state index in [1.54, 1.807) is 17.7 Å². The van der Waals surface area contributed by atoms with E-state index in [1.165, 1.54) is 23.9 Å². The Morgan fingerprint density at radius 1 is 1.44 bits per heavy atom. The average Bonchev–Trinajstić information content (AvgIpc) is 2.69. The van der Waals surface area contributed by atoms with Gasteiger partial charge in [0.25, 0.3) is 0 Å². The molecule has 0 aliphatic carbocycles.